The largest absolute Gasteiger partial charge is 0.468 e. The van der Waals surface area contributed by atoms with Gasteiger partial charge in [0.05, 0.1) is 13.7 Å². The average Bonchev–Trinajstić information content (AvgIpc) is 2.63. The van der Waals surface area contributed by atoms with Crippen molar-refractivity contribution in [2.24, 2.45) is 0 Å². The maximum Gasteiger partial charge on any atom is 0.319 e. The molecule has 0 bridgehead atoms. The van der Waals surface area contributed by atoms with Gasteiger partial charge in [0.15, 0.2) is 0 Å². The fourth-order valence-electron chi connectivity index (χ4n) is 3.07. The second-order valence-corrected chi connectivity index (χ2v) is 6.55. The Kier molecular flexibility index (Phi) is 6.01. The first kappa shape index (κ1) is 18.1. The smallest absolute Gasteiger partial charge is 0.319 e. The minimum absolute atomic E-state index is 0.181. The van der Waals surface area contributed by atoms with Crippen LogP contribution in [0, 0.1) is 6.92 Å². The Morgan fingerprint density at radius 1 is 1.23 bits per heavy atom. The molecular weight excluding hydrogens is 330 g/mol. The minimum Gasteiger partial charge on any atom is -0.468 e. The predicted octanol–water partition coefficient (Wildman–Crippen LogP) is 2.58. The highest BCUT2D eigenvalue weighted by molar-refractivity contribution is 5.71. The average molecular weight is 355 g/mol. The number of nitrogens with zero attached hydrogens (tertiary/aromatic N) is 3. The highest BCUT2D eigenvalue weighted by Crippen LogP contribution is 2.19. The van der Waals surface area contributed by atoms with E-state index in [-0.39, 0.29) is 5.97 Å². The molecular formula is C19H25N5O2. The second-order valence-electron chi connectivity index (χ2n) is 6.55. The van der Waals surface area contributed by atoms with Gasteiger partial charge in [0, 0.05) is 30.9 Å². The number of likely N-dealkylation sites (tertiary alicyclic amines) is 1. The molecule has 0 atom stereocenters. The number of carbonyl (C=O) groups excluding carboxylic acids is 1. The summed E-state index contributed by atoms with van der Waals surface area (Å²) < 4.78 is 4.72. The Hall–Kier alpha value is -2.67. The molecule has 7 heteroatoms. The summed E-state index contributed by atoms with van der Waals surface area (Å²) in [4.78, 5) is 22.1. The molecule has 0 spiro atoms. The van der Waals surface area contributed by atoms with Crippen LogP contribution in [0.25, 0.3) is 0 Å². The molecule has 2 aromatic rings. The van der Waals surface area contributed by atoms with Crippen LogP contribution in [0.2, 0.25) is 0 Å². The van der Waals surface area contributed by atoms with Gasteiger partial charge in [0.2, 0.25) is 0 Å². The maximum absolute atomic E-state index is 11.4. The van der Waals surface area contributed by atoms with Crippen LogP contribution >= 0.6 is 0 Å². The summed E-state index contributed by atoms with van der Waals surface area (Å²) in [6.45, 7) is 4.16. The lowest BCUT2D eigenvalue weighted by Gasteiger charge is -2.31. The van der Waals surface area contributed by atoms with Crippen LogP contribution in [0.4, 0.5) is 17.3 Å². The maximum atomic E-state index is 11.4. The van der Waals surface area contributed by atoms with E-state index in [2.05, 4.69) is 44.6 Å². The van der Waals surface area contributed by atoms with Crippen molar-refractivity contribution >= 4 is 23.3 Å². The van der Waals surface area contributed by atoms with E-state index in [1.165, 1.54) is 12.7 Å². The monoisotopic (exact) mass is 355 g/mol. The number of anilines is 3. The number of benzene rings is 1. The fourth-order valence-corrected chi connectivity index (χ4v) is 3.07. The van der Waals surface area contributed by atoms with Crippen molar-refractivity contribution in [1.29, 1.82) is 0 Å². The van der Waals surface area contributed by atoms with E-state index in [1.54, 1.807) is 6.33 Å². The third-order valence-corrected chi connectivity index (χ3v) is 4.48. The Morgan fingerprint density at radius 2 is 2.00 bits per heavy atom. The van der Waals surface area contributed by atoms with E-state index in [0.29, 0.717) is 12.6 Å². The summed E-state index contributed by atoms with van der Waals surface area (Å²) in [7, 11) is 1.42. The van der Waals surface area contributed by atoms with Crippen molar-refractivity contribution in [2.45, 2.75) is 25.8 Å². The molecule has 0 unspecified atom stereocenters. The molecule has 0 saturated carbocycles. The van der Waals surface area contributed by atoms with Gasteiger partial charge in [-0.05, 0) is 37.5 Å². The van der Waals surface area contributed by atoms with Crippen molar-refractivity contribution in [2.75, 3.05) is 37.4 Å². The van der Waals surface area contributed by atoms with Crippen LogP contribution in [0.1, 0.15) is 18.4 Å². The van der Waals surface area contributed by atoms with Crippen molar-refractivity contribution in [3.63, 3.8) is 0 Å². The molecule has 1 aromatic carbocycles. The lowest BCUT2D eigenvalue weighted by molar-refractivity contribution is -0.142. The van der Waals surface area contributed by atoms with Gasteiger partial charge >= 0.3 is 5.97 Å². The zero-order chi connectivity index (χ0) is 18.4. The summed E-state index contributed by atoms with van der Waals surface area (Å²) in [5.41, 5.74) is 2.20. The number of piperidine rings is 1. The number of aryl methyl sites for hydroxylation is 1. The zero-order valence-corrected chi connectivity index (χ0v) is 15.2. The van der Waals surface area contributed by atoms with Gasteiger partial charge in [-0.3, -0.25) is 9.69 Å². The molecule has 1 fully saturated rings. The molecule has 0 amide bonds. The predicted molar refractivity (Wildman–Crippen MR) is 102 cm³/mol. The van der Waals surface area contributed by atoms with Crippen molar-refractivity contribution < 1.29 is 9.53 Å². The standard InChI is InChI=1S/C19H25N5O2/c1-14-4-3-5-16(10-14)23-18-11-17(20-13-21-18)22-15-6-8-24(9-7-15)12-19(25)26-2/h3-5,10-11,13,15H,6-9,12H2,1-2H3,(H2,20,21,22,23). The molecule has 1 aliphatic heterocycles. The van der Waals surface area contributed by atoms with E-state index in [4.69, 9.17) is 4.74 Å². The van der Waals surface area contributed by atoms with Gasteiger partial charge in [-0.25, -0.2) is 9.97 Å². The van der Waals surface area contributed by atoms with E-state index in [0.717, 1.165) is 43.3 Å². The van der Waals surface area contributed by atoms with Crippen LogP contribution in [-0.2, 0) is 9.53 Å². The van der Waals surface area contributed by atoms with E-state index >= 15 is 0 Å². The number of nitrogens with one attached hydrogen (secondary N) is 2. The highest BCUT2D eigenvalue weighted by Gasteiger charge is 2.21. The normalized spacial score (nSPS) is 15.5. The summed E-state index contributed by atoms with van der Waals surface area (Å²) in [5, 5.41) is 6.78. The first-order chi connectivity index (χ1) is 12.6. The van der Waals surface area contributed by atoms with E-state index < -0.39 is 0 Å². The number of hydrogen-bond donors (Lipinski definition) is 2. The van der Waals surface area contributed by atoms with Crippen LogP contribution in [0.5, 0.6) is 0 Å². The molecule has 1 saturated heterocycles. The van der Waals surface area contributed by atoms with Crippen LogP contribution in [0.15, 0.2) is 36.7 Å². The quantitative estimate of drug-likeness (QED) is 0.771. The molecule has 1 aromatic heterocycles. The van der Waals surface area contributed by atoms with Crippen LogP contribution in [0.3, 0.4) is 0 Å². The minimum atomic E-state index is -0.181. The van der Waals surface area contributed by atoms with Gasteiger partial charge in [-0.1, -0.05) is 12.1 Å². The highest BCUT2D eigenvalue weighted by atomic mass is 16.5. The third kappa shape index (κ3) is 5.16. The molecule has 138 valence electrons. The van der Waals surface area contributed by atoms with Crippen molar-refractivity contribution in [3.8, 4) is 0 Å². The number of rotatable bonds is 6. The lowest BCUT2D eigenvalue weighted by atomic mass is 10.1. The molecule has 7 nitrogen and oxygen atoms in total. The Labute approximate surface area is 153 Å². The SMILES string of the molecule is COC(=O)CN1CCC(Nc2cc(Nc3cccc(C)c3)ncn2)CC1. The number of methoxy groups -OCH3 is 1. The van der Waals surface area contributed by atoms with Gasteiger partial charge in [-0.2, -0.15) is 0 Å². The van der Waals surface area contributed by atoms with E-state index in [9.17, 15) is 4.79 Å². The van der Waals surface area contributed by atoms with Crippen LogP contribution in [-0.4, -0.2) is 53.6 Å². The molecule has 26 heavy (non-hydrogen) atoms. The summed E-state index contributed by atoms with van der Waals surface area (Å²) in [6.07, 6.45) is 3.48. The molecule has 2 N–H and O–H groups in total. The van der Waals surface area contributed by atoms with Crippen molar-refractivity contribution in [1.82, 2.24) is 14.9 Å². The van der Waals surface area contributed by atoms with Gasteiger partial charge in [0.1, 0.15) is 18.0 Å². The first-order valence-corrected chi connectivity index (χ1v) is 8.84. The number of carbonyl (C=O) groups is 1. The second kappa shape index (κ2) is 8.62. The number of aromatic nitrogens is 2. The Bertz CT molecular complexity index is 744. The molecule has 0 aliphatic carbocycles. The van der Waals surface area contributed by atoms with Crippen molar-refractivity contribution in [3.05, 3.63) is 42.2 Å². The molecule has 3 rings (SSSR count). The summed E-state index contributed by atoms with van der Waals surface area (Å²) >= 11 is 0. The number of esters is 1. The topological polar surface area (TPSA) is 79.4 Å². The first-order valence-electron chi connectivity index (χ1n) is 8.84. The fraction of sp³-hybridized carbons (Fsp3) is 0.421. The van der Waals surface area contributed by atoms with E-state index in [1.807, 2.05) is 18.2 Å². The molecule has 2 heterocycles. The molecule has 1 aliphatic rings. The number of hydrogen-bond acceptors (Lipinski definition) is 7. The number of ether oxygens (including phenoxy) is 1. The zero-order valence-electron chi connectivity index (χ0n) is 15.2. The van der Waals surface area contributed by atoms with Gasteiger partial charge in [0.25, 0.3) is 0 Å². The van der Waals surface area contributed by atoms with Crippen LogP contribution < -0.4 is 10.6 Å². The molecule has 0 radical (unpaired) electrons. The third-order valence-electron chi connectivity index (χ3n) is 4.48. The lowest BCUT2D eigenvalue weighted by Crippen LogP contribution is -2.41. The summed E-state index contributed by atoms with van der Waals surface area (Å²) in [6, 6.07) is 10.4. The Balaban J connectivity index is 1.54. The summed E-state index contributed by atoms with van der Waals surface area (Å²) in [5.74, 6) is 1.39. The van der Waals surface area contributed by atoms with Gasteiger partial charge < -0.3 is 15.4 Å². The van der Waals surface area contributed by atoms with Gasteiger partial charge in [-0.15, -0.1) is 0 Å². The Morgan fingerprint density at radius 3 is 2.73 bits per heavy atom.